The van der Waals surface area contributed by atoms with Crippen molar-refractivity contribution in [3.63, 3.8) is 0 Å². The first-order valence-corrected chi connectivity index (χ1v) is 14.8. The Morgan fingerprint density at radius 3 is 2.18 bits per heavy atom. The van der Waals surface area contributed by atoms with Gasteiger partial charge in [-0.3, -0.25) is 4.79 Å². The van der Waals surface area contributed by atoms with E-state index in [0.717, 1.165) is 34.7 Å². The lowest BCUT2D eigenvalue weighted by Crippen LogP contribution is -2.42. The molecule has 0 saturated carbocycles. The Hall–Kier alpha value is -4.42. The summed E-state index contributed by atoms with van der Waals surface area (Å²) in [5, 5.41) is 10.6. The number of aliphatic carboxylic acids is 1. The maximum absolute atomic E-state index is 14.0. The number of sulfonamides is 1. The monoisotopic (exact) mass is 658 g/mol. The van der Waals surface area contributed by atoms with Gasteiger partial charge in [0.1, 0.15) is 22.3 Å². The largest absolute Gasteiger partial charge is 0.490 e. The first kappa shape index (κ1) is 32.5. The summed E-state index contributed by atoms with van der Waals surface area (Å²) in [5.74, 6) is -5.71. The predicted octanol–water partition coefficient (Wildman–Crippen LogP) is 4.52. The van der Waals surface area contributed by atoms with Crippen LogP contribution in [0.4, 0.5) is 32.9 Å². The van der Waals surface area contributed by atoms with Crippen LogP contribution in [0.25, 0.3) is 11.3 Å². The molecule has 18 heteroatoms. The Bertz CT molecular complexity index is 1720. The third kappa shape index (κ3) is 7.37. The van der Waals surface area contributed by atoms with E-state index in [1.54, 1.807) is 36.8 Å². The number of benzene rings is 2. The molecule has 1 fully saturated rings. The lowest BCUT2D eigenvalue weighted by atomic mass is 10.1. The van der Waals surface area contributed by atoms with Crippen molar-refractivity contribution in [3.05, 3.63) is 77.1 Å². The van der Waals surface area contributed by atoms with Gasteiger partial charge < -0.3 is 21.1 Å². The number of imidazole rings is 1. The fraction of sp³-hybridized carbons (Fsp3) is 0.231. The Morgan fingerprint density at radius 1 is 1.07 bits per heavy atom. The second kappa shape index (κ2) is 13.1. The summed E-state index contributed by atoms with van der Waals surface area (Å²) < 4.78 is 87.5. The highest BCUT2D eigenvalue weighted by Crippen LogP contribution is 2.31. The van der Waals surface area contributed by atoms with Gasteiger partial charge >= 0.3 is 12.1 Å². The number of hydrogen-bond acceptors (Lipinski definition) is 9. The molecule has 234 valence electrons. The molecule has 0 unspecified atom stereocenters. The van der Waals surface area contributed by atoms with Crippen LogP contribution in [-0.4, -0.2) is 69.8 Å². The number of nitrogens with one attached hydrogen (secondary N) is 2. The number of aromatic amines is 1. The van der Waals surface area contributed by atoms with Crippen molar-refractivity contribution >= 4 is 44.1 Å². The first-order valence-electron chi connectivity index (χ1n) is 12.6. The molecule has 5 N–H and O–H groups in total. The Labute approximate surface area is 250 Å². The Balaban J connectivity index is 0.000000566. The van der Waals surface area contributed by atoms with E-state index < -0.39 is 45.2 Å². The zero-order chi connectivity index (χ0) is 32.2. The summed E-state index contributed by atoms with van der Waals surface area (Å²) in [6.07, 6.45) is -0.807. The number of hydrogen-bond donors (Lipinski definition) is 4. The number of piperidine rings is 1. The summed E-state index contributed by atoms with van der Waals surface area (Å²) in [6, 6.07) is 9.63. The molecule has 0 amide bonds. The molecule has 0 spiro atoms. The van der Waals surface area contributed by atoms with Gasteiger partial charge in [-0.1, -0.05) is 29.5 Å². The van der Waals surface area contributed by atoms with Gasteiger partial charge in [-0.05, 0) is 37.1 Å². The van der Waals surface area contributed by atoms with Crippen molar-refractivity contribution in [2.75, 3.05) is 24.1 Å². The summed E-state index contributed by atoms with van der Waals surface area (Å²) >= 11 is 0.908. The number of carboxylic acid groups (broad SMARTS) is 1. The van der Waals surface area contributed by atoms with Crippen LogP contribution in [0, 0.1) is 11.6 Å². The number of thiazole rings is 1. The van der Waals surface area contributed by atoms with Crippen LogP contribution in [-0.2, 0) is 14.8 Å². The first-order chi connectivity index (χ1) is 20.7. The minimum Gasteiger partial charge on any atom is -0.475 e. The van der Waals surface area contributed by atoms with Crippen LogP contribution < -0.4 is 11.1 Å². The highest BCUT2D eigenvalue weighted by atomic mass is 32.2. The molecule has 0 aliphatic carbocycles. The van der Waals surface area contributed by atoms with Crippen molar-refractivity contribution in [1.82, 2.24) is 19.3 Å². The molecule has 44 heavy (non-hydrogen) atoms. The molecule has 0 radical (unpaired) electrons. The van der Waals surface area contributed by atoms with Crippen molar-refractivity contribution in [2.45, 2.75) is 30.0 Å². The van der Waals surface area contributed by atoms with Gasteiger partial charge in [0.2, 0.25) is 15.8 Å². The number of nitrogens with zero attached hydrogens (tertiary/aromatic N) is 3. The maximum atomic E-state index is 14.0. The van der Waals surface area contributed by atoms with Gasteiger partial charge in [-0.25, -0.2) is 32.0 Å². The SMILES string of the molecule is Nc1nc(NC2CCN(S(=O)(=O)c3ccc(-c4c[nH]cn4)cc3)CC2)sc1C(=O)c1c(F)cccc1F.O=C(O)C(F)(F)F. The average Bonchev–Trinajstić information content (AvgIpc) is 3.63. The summed E-state index contributed by atoms with van der Waals surface area (Å²) in [5.41, 5.74) is 6.72. The van der Waals surface area contributed by atoms with Crippen LogP contribution in [0.15, 0.2) is 59.9 Å². The Kier molecular flexibility index (Phi) is 9.65. The number of carbonyl (C=O) groups is 2. The topological polar surface area (TPSA) is 171 Å². The van der Waals surface area contributed by atoms with E-state index in [-0.39, 0.29) is 34.7 Å². The quantitative estimate of drug-likeness (QED) is 0.165. The van der Waals surface area contributed by atoms with Crippen molar-refractivity contribution in [2.24, 2.45) is 0 Å². The van der Waals surface area contributed by atoms with E-state index in [1.165, 1.54) is 10.4 Å². The number of alkyl halides is 3. The van der Waals surface area contributed by atoms with Gasteiger partial charge in [0.15, 0.2) is 5.13 Å². The van der Waals surface area contributed by atoms with Crippen LogP contribution in [0.3, 0.4) is 0 Å². The van der Waals surface area contributed by atoms with Crippen molar-refractivity contribution < 1.29 is 45.1 Å². The van der Waals surface area contributed by atoms with Gasteiger partial charge in [0, 0.05) is 30.9 Å². The number of H-pyrrole nitrogens is 1. The lowest BCUT2D eigenvalue weighted by molar-refractivity contribution is -0.192. The van der Waals surface area contributed by atoms with E-state index in [9.17, 15) is 35.2 Å². The predicted molar refractivity (Wildman–Crippen MR) is 149 cm³/mol. The zero-order valence-corrected chi connectivity index (χ0v) is 23.9. The van der Waals surface area contributed by atoms with Crippen molar-refractivity contribution in [1.29, 1.82) is 0 Å². The molecule has 4 aromatic rings. The molecule has 1 aliphatic rings. The standard InChI is InChI=1S/C24H22F2N6O3S2.C2HF3O2/c25-17-2-1-3-18(26)20(17)21(33)22-23(27)31-24(36-22)30-15-8-10-32(11-9-15)37(34,35)16-6-4-14(5-7-16)19-12-28-13-29-19;3-2(4,5)1(6)7/h1-7,12-13,15H,8-11,27H2,(H,28,29)(H,30,31);(H,6,7). The number of nitrogen functional groups attached to an aromatic ring is 1. The second-order valence-corrected chi connectivity index (χ2v) is 12.2. The third-order valence-corrected chi connectivity index (χ3v) is 9.27. The van der Waals surface area contributed by atoms with Gasteiger partial charge in [0.05, 0.1) is 22.5 Å². The number of nitrogens with two attached hydrogens (primary N) is 1. The van der Waals surface area contributed by atoms with E-state index in [0.29, 0.717) is 18.0 Å². The lowest BCUT2D eigenvalue weighted by Gasteiger charge is -2.31. The van der Waals surface area contributed by atoms with E-state index in [4.69, 9.17) is 15.6 Å². The molecule has 0 atom stereocenters. The number of halogens is 5. The molecular weight excluding hydrogens is 635 g/mol. The fourth-order valence-corrected chi connectivity index (χ4v) is 6.54. The number of rotatable bonds is 7. The molecule has 2 aromatic carbocycles. The molecular formula is C26H23F5N6O5S2. The molecule has 5 rings (SSSR count). The Morgan fingerprint density at radius 2 is 1.66 bits per heavy atom. The van der Waals surface area contributed by atoms with Crippen LogP contribution >= 0.6 is 11.3 Å². The second-order valence-electron chi connectivity index (χ2n) is 9.26. The average molecular weight is 659 g/mol. The minimum absolute atomic E-state index is 0.0650. The molecule has 0 bridgehead atoms. The molecule has 2 aromatic heterocycles. The van der Waals surface area contributed by atoms with Gasteiger partial charge in [0.25, 0.3) is 0 Å². The molecule has 11 nitrogen and oxygen atoms in total. The maximum Gasteiger partial charge on any atom is 0.490 e. The smallest absolute Gasteiger partial charge is 0.475 e. The highest BCUT2D eigenvalue weighted by Gasteiger charge is 2.38. The summed E-state index contributed by atoms with van der Waals surface area (Å²) in [4.78, 5) is 32.9. The zero-order valence-electron chi connectivity index (χ0n) is 22.3. The normalized spacial score (nSPS) is 14.5. The number of anilines is 2. The number of ketones is 1. The number of carbonyl (C=O) groups excluding carboxylic acids is 1. The fourth-order valence-electron chi connectivity index (χ4n) is 4.16. The number of aromatic nitrogens is 3. The molecule has 3 heterocycles. The minimum atomic E-state index is -5.08. The summed E-state index contributed by atoms with van der Waals surface area (Å²) in [7, 11) is -3.67. The number of carboxylic acids is 1. The van der Waals surface area contributed by atoms with Crippen molar-refractivity contribution in [3.8, 4) is 11.3 Å². The van der Waals surface area contributed by atoms with E-state index in [1.807, 2.05) is 0 Å². The van der Waals surface area contributed by atoms with Gasteiger partial charge in [-0.15, -0.1) is 0 Å². The molecule has 1 saturated heterocycles. The molecule has 1 aliphatic heterocycles. The van der Waals surface area contributed by atoms with Crippen LogP contribution in [0.2, 0.25) is 0 Å². The van der Waals surface area contributed by atoms with Crippen LogP contribution in [0.5, 0.6) is 0 Å². The third-order valence-electron chi connectivity index (χ3n) is 6.36. The van der Waals surface area contributed by atoms with Gasteiger partial charge in [-0.2, -0.15) is 17.5 Å². The van der Waals surface area contributed by atoms with Crippen LogP contribution in [0.1, 0.15) is 28.1 Å². The summed E-state index contributed by atoms with van der Waals surface area (Å²) in [6.45, 7) is 0.572. The van der Waals surface area contributed by atoms with E-state index >= 15 is 0 Å². The van der Waals surface area contributed by atoms with E-state index in [2.05, 4.69) is 20.3 Å². The highest BCUT2D eigenvalue weighted by molar-refractivity contribution is 7.89.